The summed E-state index contributed by atoms with van der Waals surface area (Å²) in [7, 11) is 3.44. The zero-order chi connectivity index (χ0) is 87.1. The molecule has 10 N–H and O–H groups in total. The number of carboxylic acid groups (broad SMARTS) is 2. The zero-order valence-corrected chi connectivity index (χ0v) is 78.5. The molecule has 1 amide bonds. The fourth-order valence-corrected chi connectivity index (χ4v) is 9.32. The maximum atomic E-state index is 11.3. The third-order valence-electron chi connectivity index (χ3n) is 16.9. The first-order valence-electron chi connectivity index (χ1n) is 38.5. The first-order chi connectivity index (χ1) is 52.6. The first kappa shape index (κ1) is 140. The van der Waals surface area contributed by atoms with Crippen molar-refractivity contribution in [3.05, 3.63) is 163 Å². The summed E-state index contributed by atoms with van der Waals surface area (Å²) in [6.45, 7) is 61.3. The second-order valence-electron chi connectivity index (χ2n) is 26.3. The van der Waals surface area contributed by atoms with Crippen LogP contribution in [0.4, 0.5) is 0 Å². The summed E-state index contributed by atoms with van der Waals surface area (Å²) in [6, 6.07) is 8.58. The van der Waals surface area contributed by atoms with E-state index in [2.05, 4.69) is 77.1 Å². The number of methoxy groups -OCH3 is 1. The van der Waals surface area contributed by atoms with E-state index in [9.17, 15) is 43.2 Å². The van der Waals surface area contributed by atoms with Crippen molar-refractivity contribution >= 4 is 106 Å². The summed E-state index contributed by atoms with van der Waals surface area (Å²) in [4.78, 5) is 102. The Bertz CT molecular complexity index is 2640. The van der Waals surface area contributed by atoms with Crippen molar-refractivity contribution in [2.75, 3.05) is 54.3 Å². The van der Waals surface area contributed by atoms with E-state index in [1.54, 1.807) is 46.2 Å². The number of allylic oxidation sites excluding steroid dienone is 9. The van der Waals surface area contributed by atoms with Crippen LogP contribution in [0.15, 0.2) is 144 Å². The average molecular weight is 1790 g/mol. The predicted molar refractivity (Wildman–Crippen MR) is 469 cm³/mol. The summed E-state index contributed by atoms with van der Waals surface area (Å²) < 4.78 is 23.8. The number of nitrogens with zero attached hydrogens (tertiary/aromatic N) is 1. The number of halogens is 2. The molecule has 0 bridgehead atoms. The van der Waals surface area contributed by atoms with Crippen LogP contribution < -0.4 is 51.2 Å². The van der Waals surface area contributed by atoms with Crippen LogP contribution in [0.1, 0.15) is 217 Å². The molecule has 2 saturated carbocycles. The van der Waals surface area contributed by atoms with Crippen LogP contribution in [0.2, 0.25) is 6.32 Å². The van der Waals surface area contributed by atoms with Gasteiger partial charge in [-0.25, -0.2) is 5.06 Å². The minimum atomic E-state index is -1.37. The van der Waals surface area contributed by atoms with Crippen LogP contribution in [-0.2, 0) is 78.3 Å². The SMILES string of the molecule is C.C1CCOC1.C=CC1CCC(C)C(=O)C1.C=CCCC(C)C(=O)C=C.C=CCCC(C)C(=O)N(C)OC.C=CCCC(C)C(=O)O.C=CCCC(C)C(=O)OCC.C=CCCC(N)C(=O)OCC.CC(=O)OCc1ccccc1.CC1CCC=CC1=O.CCOC.NC1CCC(CCB(O)O)CC1(N)C(=O)O.[Br-].[Br-].[CH-]=C.[CH-]=C.[Mg+2].[Mg+2]. The Morgan fingerprint density at radius 1 is 0.672 bits per heavy atom. The molecular weight excluding hydrogens is 1640 g/mol. The second kappa shape index (κ2) is 98.5. The standard InChI is InChI=1S/C9H19BN2O4.C9H17NO2.C9H10O2.C9H16O2.2C9H14O.C8H15NO2.C7H12O2.C7H10O.C4H8O.C3H8O.2C2H3.CH4.2BrH.2Mg/c11-7-2-1-6(3-4-10(15)16)5-9(7,12)8(13)14;1-5-6-7-8(2)9(11)10(3)12-4;1-8(10)11-7-9-5-3-2-4-6-9;1-4-6-7-8(3)9(10)11-5-2;1-3-8-5-4-7(2)9(10)6-8;1-4-6-7-8(3)9(10)5-2;1-3-5-6-7(9)8(10)11-4-2;1-3-4-5-6(2)7(8)9;1-6-4-2-3-5-7(6)8;1-2-4-5-3-1;1-3-4-2;2*1-2;;;;;/h6-7,15-16H,1-5,11-12H2,(H,13,14);5,8H,1,6-7H2,2-4H3;2-6H,7H2,1H3;4,8H,1,5-7H2,2-3H3;3,7-8H,1,4-6H2,2H3;4-5,8H,1-2,6-7H2,3H3;3,7H,1,4-6,9H2,2H3;3,6H,1,4-5H2,2H3,(H,8,9);3,5-6H,2,4H2,1H3;1-4H2;3H2,1-2H3;2*1H,2H2;1H4;2*1H;;/q;;;;;;;;;;;2*-1;;;;2*+2/p-2. The number of hydroxylamine groups is 2. The van der Waals surface area contributed by atoms with Crippen molar-refractivity contribution in [1.82, 2.24) is 5.06 Å². The number of ether oxygens (including phenoxy) is 5. The minimum Gasteiger partial charge on any atom is -1.00 e. The van der Waals surface area contributed by atoms with Crippen LogP contribution in [0.25, 0.3) is 0 Å². The predicted octanol–water partition coefficient (Wildman–Crippen LogP) is 9.39. The van der Waals surface area contributed by atoms with E-state index in [4.69, 9.17) is 61.2 Å². The maximum absolute atomic E-state index is 11.3. The Kier molecular flexibility index (Phi) is 119. The van der Waals surface area contributed by atoms with Crippen LogP contribution in [0.3, 0.4) is 0 Å². The number of nitrogens with two attached hydrogens (primary N) is 3. The molecule has 23 nitrogen and oxygen atoms in total. The Labute approximate surface area is 755 Å². The van der Waals surface area contributed by atoms with Crippen LogP contribution in [0.5, 0.6) is 0 Å². The van der Waals surface area contributed by atoms with E-state index in [-0.39, 0.29) is 165 Å². The van der Waals surface area contributed by atoms with Crippen molar-refractivity contribution in [2.24, 2.45) is 64.5 Å². The molecule has 1 aliphatic heterocycles. The number of carbonyl (C=O) groups excluding carboxylic acids is 7. The van der Waals surface area contributed by atoms with Crippen molar-refractivity contribution in [3.63, 3.8) is 0 Å². The number of benzene rings is 1. The third-order valence-corrected chi connectivity index (χ3v) is 16.9. The monoisotopic (exact) mass is 1790 g/mol. The second-order valence-corrected chi connectivity index (χ2v) is 26.3. The molecule has 0 radical (unpaired) electrons. The fourth-order valence-electron chi connectivity index (χ4n) is 9.32. The number of carboxylic acids is 2. The van der Waals surface area contributed by atoms with Crippen LogP contribution in [0, 0.1) is 60.5 Å². The summed E-state index contributed by atoms with van der Waals surface area (Å²) >= 11 is 0. The van der Waals surface area contributed by atoms with Gasteiger partial charge in [-0.3, -0.25) is 61.1 Å². The van der Waals surface area contributed by atoms with Gasteiger partial charge in [0.25, 0.3) is 0 Å². The largest absolute Gasteiger partial charge is 2.00 e. The van der Waals surface area contributed by atoms with E-state index >= 15 is 0 Å². The summed E-state index contributed by atoms with van der Waals surface area (Å²) in [5, 5.41) is 36.2. The summed E-state index contributed by atoms with van der Waals surface area (Å²) in [5.74, 6) is -0.598. The summed E-state index contributed by atoms with van der Waals surface area (Å²) in [5.41, 5.74) is 16.6. The van der Waals surface area contributed by atoms with Gasteiger partial charge in [0.1, 0.15) is 24.0 Å². The van der Waals surface area contributed by atoms with Gasteiger partial charge in [-0.15, -0.1) is 39.5 Å². The molecule has 5 rings (SSSR count). The van der Waals surface area contributed by atoms with E-state index in [1.165, 1.54) is 38.0 Å². The number of esters is 3. The number of ketones is 3. The Hall–Kier alpha value is -5.31. The van der Waals surface area contributed by atoms with Gasteiger partial charge in [0.15, 0.2) is 11.6 Å². The molecule has 1 heterocycles. The maximum Gasteiger partial charge on any atom is 2.00 e. The molecule has 0 spiro atoms. The molecule has 3 fully saturated rings. The number of rotatable bonds is 32. The molecule has 1 aromatic rings. The number of hydrogen-bond acceptors (Lipinski definition) is 20. The van der Waals surface area contributed by atoms with Crippen molar-refractivity contribution in [2.45, 2.75) is 242 Å². The van der Waals surface area contributed by atoms with Crippen molar-refractivity contribution < 1.29 is 126 Å². The Morgan fingerprint density at radius 3 is 1.49 bits per heavy atom. The van der Waals surface area contributed by atoms with Gasteiger partial charge >= 0.3 is 83.1 Å². The third kappa shape index (κ3) is 86.5. The number of aliphatic carboxylic acids is 2. The average Bonchev–Trinajstić information content (AvgIpc) is 0.853. The normalized spacial score (nSPS) is 17.5. The molecule has 1 saturated heterocycles. The van der Waals surface area contributed by atoms with Crippen molar-refractivity contribution in [3.8, 4) is 0 Å². The Balaban J connectivity index is -0.0000000916. The van der Waals surface area contributed by atoms with E-state index in [0.717, 1.165) is 115 Å². The molecule has 11 unspecified atom stereocenters. The topological polar surface area (TPSA) is 371 Å². The minimum absolute atomic E-state index is 0. The molecule has 1 aromatic carbocycles. The molecule has 3 aliphatic carbocycles. The molecule has 660 valence electrons. The molecular formula is C88H153BBr2Mg2N4O19. The summed E-state index contributed by atoms with van der Waals surface area (Å²) in [6.07, 6.45) is 34.0. The number of Topliss-reactive ketones (excluding diaryl/α,β-unsaturated/α-hetero) is 1. The number of amides is 1. The van der Waals surface area contributed by atoms with E-state index < -0.39 is 36.7 Å². The van der Waals surface area contributed by atoms with Crippen molar-refractivity contribution in [1.29, 1.82) is 0 Å². The van der Waals surface area contributed by atoms with Gasteiger partial charge < -0.3 is 108 Å². The molecule has 4 aliphatic rings. The Morgan fingerprint density at radius 2 is 1.13 bits per heavy atom. The molecule has 0 aromatic heterocycles. The van der Waals surface area contributed by atoms with Gasteiger partial charge in [0.2, 0.25) is 5.91 Å². The molecule has 28 heteroatoms. The van der Waals surface area contributed by atoms with E-state index in [0.29, 0.717) is 69.5 Å². The zero-order valence-electron chi connectivity index (χ0n) is 72.5. The molecule has 11 atom stereocenters. The quantitative estimate of drug-likeness (QED) is 0.00671. The van der Waals surface area contributed by atoms with E-state index in [1.807, 2.05) is 109 Å². The van der Waals surface area contributed by atoms with Gasteiger partial charge in [-0.05, 0) is 179 Å². The number of hydrogen-bond donors (Lipinski definition) is 7. The molecule has 116 heavy (non-hydrogen) atoms. The first-order valence-corrected chi connectivity index (χ1v) is 38.5. The smallest absolute Gasteiger partial charge is 1.00 e. The van der Waals surface area contributed by atoms with Gasteiger partial charge in [-0.1, -0.05) is 135 Å². The van der Waals surface area contributed by atoms with Crippen LogP contribution >= 0.6 is 0 Å². The van der Waals surface area contributed by atoms with Gasteiger partial charge in [0, 0.05) is 77.0 Å². The van der Waals surface area contributed by atoms with Gasteiger partial charge in [-0.2, -0.15) is 0 Å². The number of carbonyl (C=O) groups is 9. The van der Waals surface area contributed by atoms with Gasteiger partial charge in [0.05, 0.1) is 32.2 Å². The fraction of sp³-hybridized carbons (Fsp3) is 0.602. The van der Waals surface area contributed by atoms with Crippen LogP contribution in [-0.4, -0.2) is 204 Å².